The molecule has 1 aromatic rings. The Balaban J connectivity index is 2.16. The van der Waals surface area contributed by atoms with E-state index >= 15 is 0 Å². The Morgan fingerprint density at radius 1 is 1.39 bits per heavy atom. The lowest BCUT2D eigenvalue weighted by Crippen LogP contribution is -2.43. The number of hydrogen-bond acceptors (Lipinski definition) is 5. The summed E-state index contributed by atoms with van der Waals surface area (Å²) in [5, 5.41) is 11.9. The molecule has 1 aliphatic heterocycles. The first-order valence-electron chi connectivity index (χ1n) is 7.80. The van der Waals surface area contributed by atoms with Gasteiger partial charge in [0.05, 0.1) is 18.8 Å². The highest BCUT2D eigenvalue weighted by Crippen LogP contribution is 2.19. The monoisotopic (exact) mass is 321 g/mol. The minimum atomic E-state index is -1.02. The van der Waals surface area contributed by atoms with Crippen molar-refractivity contribution in [2.45, 2.75) is 26.3 Å². The Bertz CT molecular complexity index is 556. The van der Waals surface area contributed by atoms with Crippen molar-refractivity contribution < 1.29 is 19.4 Å². The highest BCUT2D eigenvalue weighted by atomic mass is 16.5. The molecule has 2 heterocycles. The third kappa shape index (κ3) is 4.66. The average molecular weight is 321 g/mol. The maximum absolute atomic E-state index is 12.5. The number of carbonyl (C=O) groups is 2. The highest BCUT2D eigenvalue weighted by molar-refractivity contribution is 6.00. The van der Waals surface area contributed by atoms with Crippen LogP contribution < -0.4 is 10.2 Å². The van der Waals surface area contributed by atoms with E-state index in [0.717, 1.165) is 0 Å². The number of morpholine rings is 1. The van der Waals surface area contributed by atoms with Gasteiger partial charge in [0.15, 0.2) is 0 Å². The van der Waals surface area contributed by atoms with Crippen molar-refractivity contribution in [2.75, 3.05) is 31.2 Å². The maximum Gasteiger partial charge on any atom is 0.326 e. The fourth-order valence-corrected chi connectivity index (χ4v) is 2.53. The van der Waals surface area contributed by atoms with Crippen molar-refractivity contribution in [1.82, 2.24) is 10.3 Å². The van der Waals surface area contributed by atoms with Crippen LogP contribution in [0.2, 0.25) is 0 Å². The molecule has 1 saturated heterocycles. The largest absolute Gasteiger partial charge is 0.480 e. The molecular weight excluding hydrogens is 298 g/mol. The number of hydrogen-bond donors (Lipinski definition) is 2. The number of ether oxygens (including phenoxy) is 1. The predicted octanol–water partition coefficient (Wildman–Crippen LogP) is 1.15. The topological polar surface area (TPSA) is 91.8 Å². The standard InChI is InChI=1S/C16H23N3O4/c1-11(2)10-13(16(21)22)18-15(20)12-4-3-5-17-14(12)19-6-8-23-9-7-19/h3-5,11,13H,6-10H2,1-2H3,(H,18,20)(H,21,22)/t13-/m1/s1. The molecule has 0 saturated carbocycles. The molecule has 1 atom stereocenters. The molecule has 0 unspecified atom stereocenters. The quantitative estimate of drug-likeness (QED) is 0.816. The Morgan fingerprint density at radius 3 is 2.70 bits per heavy atom. The number of anilines is 1. The van der Waals surface area contributed by atoms with Crippen molar-refractivity contribution >= 4 is 17.7 Å². The van der Waals surface area contributed by atoms with Gasteiger partial charge in [0.25, 0.3) is 5.91 Å². The number of carboxylic acid groups (broad SMARTS) is 1. The van der Waals surface area contributed by atoms with Gasteiger partial charge < -0.3 is 20.1 Å². The van der Waals surface area contributed by atoms with Gasteiger partial charge in [0.1, 0.15) is 11.9 Å². The zero-order valence-electron chi connectivity index (χ0n) is 13.5. The average Bonchev–Trinajstić information content (AvgIpc) is 2.54. The van der Waals surface area contributed by atoms with Crippen LogP contribution in [0.1, 0.15) is 30.6 Å². The Morgan fingerprint density at radius 2 is 2.09 bits per heavy atom. The summed E-state index contributed by atoms with van der Waals surface area (Å²) >= 11 is 0. The third-order valence-corrected chi connectivity index (χ3v) is 3.65. The first-order valence-corrected chi connectivity index (χ1v) is 7.80. The van der Waals surface area contributed by atoms with E-state index in [1.165, 1.54) is 0 Å². The van der Waals surface area contributed by atoms with Crippen LogP contribution >= 0.6 is 0 Å². The fourth-order valence-electron chi connectivity index (χ4n) is 2.53. The van der Waals surface area contributed by atoms with Gasteiger partial charge in [0, 0.05) is 19.3 Å². The first kappa shape index (κ1) is 17.2. The van der Waals surface area contributed by atoms with Crippen LogP contribution in [-0.4, -0.2) is 54.3 Å². The molecule has 1 aromatic heterocycles. The zero-order valence-corrected chi connectivity index (χ0v) is 13.5. The number of carboxylic acids is 1. The van der Waals surface area contributed by atoms with E-state index in [0.29, 0.717) is 44.1 Å². The summed E-state index contributed by atoms with van der Waals surface area (Å²) in [7, 11) is 0. The zero-order chi connectivity index (χ0) is 16.8. The van der Waals surface area contributed by atoms with Gasteiger partial charge >= 0.3 is 5.97 Å². The lowest BCUT2D eigenvalue weighted by atomic mass is 10.0. The second kappa shape index (κ2) is 7.92. The van der Waals surface area contributed by atoms with E-state index in [4.69, 9.17) is 4.74 Å². The summed E-state index contributed by atoms with van der Waals surface area (Å²) < 4.78 is 5.31. The summed E-state index contributed by atoms with van der Waals surface area (Å²) in [5.74, 6) is -0.692. The number of pyridine rings is 1. The fraction of sp³-hybridized carbons (Fsp3) is 0.562. The molecule has 0 aromatic carbocycles. The van der Waals surface area contributed by atoms with E-state index in [9.17, 15) is 14.7 Å². The molecule has 0 radical (unpaired) electrons. The summed E-state index contributed by atoms with van der Waals surface area (Å²) in [6.07, 6.45) is 2.01. The molecule has 2 N–H and O–H groups in total. The number of rotatable bonds is 6. The number of amides is 1. The molecule has 1 aliphatic rings. The van der Waals surface area contributed by atoms with Crippen LogP contribution in [0.25, 0.3) is 0 Å². The lowest BCUT2D eigenvalue weighted by Gasteiger charge is -2.29. The summed E-state index contributed by atoms with van der Waals surface area (Å²) in [4.78, 5) is 30.1. The molecule has 7 nitrogen and oxygen atoms in total. The van der Waals surface area contributed by atoms with Crippen LogP contribution in [0.4, 0.5) is 5.82 Å². The summed E-state index contributed by atoms with van der Waals surface area (Å²) in [6, 6.07) is 2.44. The van der Waals surface area contributed by atoms with Gasteiger partial charge in [-0.05, 0) is 24.5 Å². The summed E-state index contributed by atoms with van der Waals surface area (Å²) in [5.41, 5.74) is 0.393. The van der Waals surface area contributed by atoms with Crippen LogP contribution in [0.15, 0.2) is 18.3 Å². The predicted molar refractivity (Wildman–Crippen MR) is 85.6 cm³/mol. The van der Waals surface area contributed by atoms with E-state index in [1.54, 1.807) is 18.3 Å². The molecule has 1 amide bonds. The van der Waals surface area contributed by atoms with Gasteiger partial charge in [-0.2, -0.15) is 0 Å². The van der Waals surface area contributed by atoms with Crippen molar-refractivity contribution in [2.24, 2.45) is 5.92 Å². The van der Waals surface area contributed by atoms with Gasteiger partial charge in [-0.3, -0.25) is 4.79 Å². The molecule has 0 bridgehead atoms. The van der Waals surface area contributed by atoms with Crippen LogP contribution in [0, 0.1) is 5.92 Å². The van der Waals surface area contributed by atoms with Crippen LogP contribution in [-0.2, 0) is 9.53 Å². The molecular formula is C16H23N3O4. The van der Waals surface area contributed by atoms with Gasteiger partial charge in [-0.25, -0.2) is 9.78 Å². The molecule has 0 spiro atoms. The molecule has 7 heteroatoms. The van der Waals surface area contributed by atoms with E-state index in [1.807, 2.05) is 18.7 Å². The third-order valence-electron chi connectivity index (χ3n) is 3.65. The molecule has 0 aliphatic carbocycles. The number of aliphatic carboxylic acids is 1. The lowest BCUT2D eigenvalue weighted by molar-refractivity contribution is -0.139. The normalized spacial score (nSPS) is 16.2. The van der Waals surface area contributed by atoms with Gasteiger partial charge in [0.2, 0.25) is 0 Å². The molecule has 23 heavy (non-hydrogen) atoms. The molecule has 1 fully saturated rings. The highest BCUT2D eigenvalue weighted by Gasteiger charge is 2.25. The maximum atomic E-state index is 12.5. The second-order valence-corrected chi connectivity index (χ2v) is 5.97. The minimum Gasteiger partial charge on any atom is -0.480 e. The number of carbonyl (C=O) groups excluding carboxylic acids is 1. The van der Waals surface area contributed by atoms with Crippen molar-refractivity contribution in [3.8, 4) is 0 Å². The van der Waals surface area contributed by atoms with Gasteiger partial charge in [-0.15, -0.1) is 0 Å². The number of aromatic nitrogens is 1. The Kier molecular flexibility index (Phi) is 5.92. The SMILES string of the molecule is CC(C)C[C@@H](NC(=O)c1cccnc1N1CCOCC1)C(=O)O. The molecule has 2 rings (SSSR count). The van der Waals surface area contributed by atoms with E-state index < -0.39 is 17.9 Å². The van der Waals surface area contributed by atoms with Gasteiger partial charge in [-0.1, -0.05) is 13.8 Å². The second-order valence-electron chi connectivity index (χ2n) is 5.97. The Hall–Kier alpha value is -2.15. The number of nitrogens with one attached hydrogen (secondary N) is 1. The smallest absolute Gasteiger partial charge is 0.326 e. The van der Waals surface area contributed by atoms with Crippen molar-refractivity contribution in [3.63, 3.8) is 0 Å². The molecule has 126 valence electrons. The first-order chi connectivity index (χ1) is 11.0. The van der Waals surface area contributed by atoms with Crippen molar-refractivity contribution in [1.29, 1.82) is 0 Å². The summed E-state index contributed by atoms with van der Waals surface area (Å²) in [6.45, 7) is 6.33. The Labute approximate surface area is 135 Å². The van der Waals surface area contributed by atoms with Crippen LogP contribution in [0.3, 0.4) is 0 Å². The minimum absolute atomic E-state index is 0.170. The van der Waals surface area contributed by atoms with E-state index in [-0.39, 0.29) is 5.92 Å². The number of nitrogens with zero attached hydrogens (tertiary/aromatic N) is 2. The van der Waals surface area contributed by atoms with E-state index in [2.05, 4.69) is 10.3 Å². The van der Waals surface area contributed by atoms with Crippen LogP contribution in [0.5, 0.6) is 0 Å². The van der Waals surface area contributed by atoms with Crippen molar-refractivity contribution in [3.05, 3.63) is 23.9 Å².